The Morgan fingerprint density at radius 1 is 1.61 bits per heavy atom. The maximum Gasteiger partial charge on any atom is 0.224 e. The number of fused-ring (bicyclic) bond motifs is 1. The first kappa shape index (κ1) is 12.8. The molecule has 6 heteroatoms. The lowest BCUT2D eigenvalue weighted by Gasteiger charge is -2.20. The molecule has 0 atom stereocenters. The molecule has 0 aliphatic carbocycles. The quantitative estimate of drug-likeness (QED) is 0.831. The number of nitrogens with two attached hydrogens (primary N) is 1. The summed E-state index contributed by atoms with van der Waals surface area (Å²) >= 11 is 5.27. The molecule has 0 aliphatic rings. The summed E-state index contributed by atoms with van der Waals surface area (Å²) in [6.45, 7) is 5.97. The molecule has 2 heterocycles. The zero-order valence-corrected chi connectivity index (χ0v) is 11.5. The van der Waals surface area contributed by atoms with Crippen LogP contribution >= 0.6 is 12.2 Å². The summed E-state index contributed by atoms with van der Waals surface area (Å²) in [5.41, 5.74) is 7.40. The first-order valence-electron chi connectivity index (χ1n) is 5.66. The van der Waals surface area contributed by atoms with Gasteiger partial charge in [0.2, 0.25) is 5.91 Å². The smallest absolute Gasteiger partial charge is 0.224 e. The Kier molecular flexibility index (Phi) is 2.98. The summed E-state index contributed by atoms with van der Waals surface area (Å²) in [6, 6.07) is 1.98. The number of carbonyl (C=O) groups excluding carboxylic acids is 1. The van der Waals surface area contributed by atoms with E-state index in [2.05, 4.69) is 9.97 Å². The van der Waals surface area contributed by atoms with Crippen molar-refractivity contribution in [1.82, 2.24) is 14.5 Å². The van der Waals surface area contributed by atoms with Gasteiger partial charge >= 0.3 is 0 Å². The lowest BCUT2D eigenvalue weighted by atomic mass is 9.93. The highest BCUT2D eigenvalue weighted by atomic mass is 32.1. The van der Waals surface area contributed by atoms with E-state index in [0.717, 1.165) is 16.7 Å². The van der Waals surface area contributed by atoms with E-state index >= 15 is 0 Å². The molecule has 0 fully saturated rings. The number of amides is 1. The van der Waals surface area contributed by atoms with Gasteiger partial charge in [-0.05, 0) is 44.6 Å². The fourth-order valence-corrected chi connectivity index (χ4v) is 2.03. The highest BCUT2D eigenvalue weighted by Gasteiger charge is 2.26. The van der Waals surface area contributed by atoms with Crippen molar-refractivity contribution < 1.29 is 4.79 Å². The largest absolute Gasteiger partial charge is 0.369 e. The van der Waals surface area contributed by atoms with Crippen molar-refractivity contribution in [3.05, 3.63) is 22.6 Å². The molecule has 18 heavy (non-hydrogen) atoms. The van der Waals surface area contributed by atoms with Gasteiger partial charge in [-0.1, -0.05) is 0 Å². The summed E-state index contributed by atoms with van der Waals surface area (Å²) in [5, 5.41) is 0. The predicted molar refractivity (Wildman–Crippen MR) is 72.6 cm³/mol. The third-order valence-electron chi connectivity index (χ3n) is 2.97. The Morgan fingerprint density at radius 2 is 2.28 bits per heavy atom. The first-order chi connectivity index (χ1) is 8.31. The normalized spacial score (nSPS) is 11.9. The molecule has 2 aromatic heterocycles. The van der Waals surface area contributed by atoms with Crippen LogP contribution in [-0.2, 0) is 11.3 Å². The summed E-state index contributed by atoms with van der Waals surface area (Å²) in [6.07, 6.45) is 1.78. The number of aromatic amines is 1. The van der Waals surface area contributed by atoms with Crippen molar-refractivity contribution in [2.75, 3.05) is 0 Å². The molecule has 1 amide bonds. The molecule has 0 aromatic carbocycles. The molecule has 0 saturated carbocycles. The Bertz CT molecular complexity index is 668. The minimum atomic E-state index is -0.667. The van der Waals surface area contributed by atoms with Crippen LogP contribution in [0.5, 0.6) is 0 Å². The Balaban J connectivity index is 2.55. The molecule has 2 aromatic rings. The first-order valence-corrected chi connectivity index (χ1v) is 6.07. The van der Waals surface area contributed by atoms with Crippen molar-refractivity contribution in [3.8, 4) is 0 Å². The van der Waals surface area contributed by atoms with Crippen LogP contribution in [0.25, 0.3) is 11.2 Å². The van der Waals surface area contributed by atoms with Gasteiger partial charge in [0.1, 0.15) is 0 Å². The third-order valence-corrected chi connectivity index (χ3v) is 3.29. The SMILES string of the molecule is Cc1cnc2c(c1)[nH]c(=S)n2CC(C)(C)C(N)=O. The van der Waals surface area contributed by atoms with E-state index in [1.807, 2.05) is 17.6 Å². The lowest BCUT2D eigenvalue weighted by molar-refractivity contribution is -0.126. The number of aryl methyl sites for hydroxylation is 1. The number of nitrogens with zero attached hydrogens (tertiary/aromatic N) is 2. The molecule has 0 saturated heterocycles. The average Bonchev–Trinajstić information content (AvgIpc) is 2.54. The van der Waals surface area contributed by atoms with Crippen LogP contribution in [0.3, 0.4) is 0 Å². The van der Waals surface area contributed by atoms with E-state index in [1.165, 1.54) is 0 Å². The van der Waals surface area contributed by atoms with Crippen molar-refractivity contribution in [3.63, 3.8) is 0 Å². The van der Waals surface area contributed by atoms with Gasteiger partial charge in [0.05, 0.1) is 10.9 Å². The van der Waals surface area contributed by atoms with E-state index in [1.54, 1.807) is 20.0 Å². The van der Waals surface area contributed by atoms with Crippen molar-refractivity contribution >= 4 is 29.3 Å². The molecule has 0 spiro atoms. The van der Waals surface area contributed by atoms with Gasteiger partial charge in [-0.15, -0.1) is 0 Å². The van der Waals surface area contributed by atoms with Gasteiger partial charge in [-0.2, -0.15) is 0 Å². The van der Waals surface area contributed by atoms with Crippen LogP contribution in [0.2, 0.25) is 0 Å². The van der Waals surface area contributed by atoms with E-state index < -0.39 is 5.41 Å². The number of rotatable bonds is 3. The molecule has 96 valence electrons. The van der Waals surface area contributed by atoms with Crippen LogP contribution < -0.4 is 5.73 Å². The number of hydrogen-bond acceptors (Lipinski definition) is 3. The lowest BCUT2D eigenvalue weighted by Crippen LogP contribution is -2.35. The second-order valence-corrected chi connectivity index (χ2v) is 5.53. The summed E-state index contributed by atoms with van der Waals surface area (Å²) in [4.78, 5) is 18.8. The topological polar surface area (TPSA) is 76.7 Å². The summed E-state index contributed by atoms with van der Waals surface area (Å²) in [7, 11) is 0. The second kappa shape index (κ2) is 4.20. The maximum atomic E-state index is 11.4. The molecule has 0 bridgehead atoms. The molecule has 0 unspecified atom stereocenters. The average molecular weight is 264 g/mol. The minimum Gasteiger partial charge on any atom is -0.369 e. The summed E-state index contributed by atoms with van der Waals surface area (Å²) < 4.78 is 2.37. The molecule has 2 rings (SSSR count). The number of primary amides is 1. The number of nitrogens with one attached hydrogen (secondary N) is 1. The minimum absolute atomic E-state index is 0.356. The Morgan fingerprint density at radius 3 is 2.89 bits per heavy atom. The summed E-state index contributed by atoms with van der Waals surface area (Å²) in [5.74, 6) is -0.356. The maximum absolute atomic E-state index is 11.4. The van der Waals surface area contributed by atoms with Crippen LogP contribution in [0.15, 0.2) is 12.3 Å². The van der Waals surface area contributed by atoms with Gasteiger partial charge in [0.25, 0.3) is 0 Å². The highest BCUT2D eigenvalue weighted by Crippen LogP contribution is 2.21. The zero-order chi connectivity index (χ0) is 13.5. The van der Waals surface area contributed by atoms with Crippen molar-refractivity contribution in [2.24, 2.45) is 11.1 Å². The fourth-order valence-electron chi connectivity index (χ4n) is 1.77. The van der Waals surface area contributed by atoms with Gasteiger partial charge in [0.15, 0.2) is 10.4 Å². The van der Waals surface area contributed by atoms with Crippen molar-refractivity contribution in [2.45, 2.75) is 27.3 Å². The van der Waals surface area contributed by atoms with Crippen molar-refractivity contribution in [1.29, 1.82) is 0 Å². The van der Waals surface area contributed by atoms with E-state index in [0.29, 0.717) is 11.3 Å². The fraction of sp³-hybridized carbons (Fsp3) is 0.417. The Hall–Kier alpha value is -1.69. The van der Waals surface area contributed by atoms with Gasteiger partial charge < -0.3 is 15.3 Å². The zero-order valence-electron chi connectivity index (χ0n) is 10.7. The molecule has 0 radical (unpaired) electrons. The van der Waals surface area contributed by atoms with Gasteiger partial charge in [-0.3, -0.25) is 4.79 Å². The van der Waals surface area contributed by atoms with E-state index in [4.69, 9.17) is 18.0 Å². The van der Waals surface area contributed by atoms with E-state index in [9.17, 15) is 4.79 Å². The van der Waals surface area contributed by atoms with Gasteiger partial charge in [-0.25, -0.2) is 4.98 Å². The number of pyridine rings is 1. The number of imidazole rings is 1. The van der Waals surface area contributed by atoms with Crippen LogP contribution in [0, 0.1) is 17.1 Å². The number of carbonyl (C=O) groups is 1. The predicted octanol–water partition coefficient (Wildman–Crippen LogP) is 1.91. The molecule has 5 nitrogen and oxygen atoms in total. The van der Waals surface area contributed by atoms with Crippen LogP contribution in [0.4, 0.5) is 0 Å². The number of H-pyrrole nitrogens is 1. The second-order valence-electron chi connectivity index (χ2n) is 5.15. The highest BCUT2D eigenvalue weighted by molar-refractivity contribution is 7.71. The number of aromatic nitrogens is 3. The molecular formula is C12H16N4OS. The molecule has 0 aliphatic heterocycles. The third kappa shape index (κ3) is 2.15. The molecular weight excluding hydrogens is 248 g/mol. The number of hydrogen-bond donors (Lipinski definition) is 2. The van der Waals surface area contributed by atoms with Crippen LogP contribution in [-0.4, -0.2) is 20.4 Å². The van der Waals surface area contributed by atoms with E-state index in [-0.39, 0.29) is 5.91 Å². The Labute approximate surface area is 110 Å². The standard InChI is InChI=1S/C12H16N4OS/c1-7-4-8-9(14-5-7)16(11(18)15-8)6-12(2,3)10(13)17/h4-5H,6H2,1-3H3,(H2,13,17)(H,15,18). The molecule has 3 N–H and O–H groups in total. The van der Waals surface area contributed by atoms with Crippen LogP contribution in [0.1, 0.15) is 19.4 Å². The monoisotopic (exact) mass is 264 g/mol. The van der Waals surface area contributed by atoms with Gasteiger partial charge in [0, 0.05) is 12.7 Å².